The molecule has 6 heteroatoms. The van der Waals surface area contributed by atoms with E-state index in [-0.39, 0.29) is 11.9 Å². The number of hydrogen-bond acceptors (Lipinski definition) is 4. The van der Waals surface area contributed by atoms with Crippen LogP contribution >= 0.6 is 0 Å². The molecular formula is C19H21N5O. The summed E-state index contributed by atoms with van der Waals surface area (Å²) >= 11 is 0. The number of hydrogen-bond donors (Lipinski definition) is 0. The van der Waals surface area contributed by atoms with E-state index in [9.17, 15) is 4.79 Å². The molecule has 0 saturated carbocycles. The maximum absolute atomic E-state index is 12.7. The number of rotatable bonds is 4. The summed E-state index contributed by atoms with van der Waals surface area (Å²) < 4.78 is 2.02. The van der Waals surface area contributed by atoms with Crippen molar-refractivity contribution in [1.29, 1.82) is 0 Å². The maximum Gasteiger partial charge on any atom is 0.240 e. The molecule has 3 aromatic rings. The molecule has 0 unspecified atom stereocenters. The van der Waals surface area contributed by atoms with Gasteiger partial charge in [-0.15, -0.1) is 10.2 Å². The number of benzene rings is 1. The average Bonchev–Trinajstić information content (AvgIpc) is 3.28. The normalized spacial score (nSPS) is 17.9. The van der Waals surface area contributed by atoms with Crippen molar-refractivity contribution in [1.82, 2.24) is 19.5 Å². The van der Waals surface area contributed by atoms with Gasteiger partial charge in [0.05, 0.1) is 12.6 Å². The molecule has 3 heterocycles. The minimum atomic E-state index is 0.0897. The molecule has 1 amide bonds. The van der Waals surface area contributed by atoms with Crippen molar-refractivity contribution in [2.24, 2.45) is 0 Å². The highest BCUT2D eigenvalue weighted by molar-refractivity contribution is 5.94. The Bertz CT molecular complexity index is 876. The number of pyridine rings is 1. The minimum Gasteiger partial charge on any atom is -0.314 e. The first kappa shape index (κ1) is 15.8. The smallest absolute Gasteiger partial charge is 0.240 e. The van der Waals surface area contributed by atoms with Crippen LogP contribution in [-0.2, 0) is 4.79 Å². The van der Waals surface area contributed by atoms with Gasteiger partial charge in [-0.05, 0) is 43.7 Å². The molecule has 2 aromatic heterocycles. The second-order valence-corrected chi connectivity index (χ2v) is 6.40. The molecule has 25 heavy (non-hydrogen) atoms. The predicted molar refractivity (Wildman–Crippen MR) is 96.4 cm³/mol. The fourth-order valence-electron chi connectivity index (χ4n) is 3.47. The molecular weight excluding hydrogens is 314 g/mol. The van der Waals surface area contributed by atoms with Gasteiger partial charge >= 0.3 is 0 Å². The molecule has 1 aromatic carbocycles. The van der Waals surface area contributed by atoms with Crippen LogP contribution in [-0.4, -0.2) is 45.5 Å². The van der Waals surface area contributed by atoms with Crippen molar-refractivity contribution in [3.8, 4) is 0 Å². The first-order valence-corrected chi connectivity index (χ1v) is 8.59. The fraction of sp³-hybridized carbons (Fsp3) is 0.316. The Hall–Kier alpha value is -2.73. The fourth-order valence-corrected chi connectivity index (χ4v) is 3.47. The highest BCUT2D eigenvalue weighted by Gasteiger charge is 2.31. The zero-order chi connectivity index (χ0) is 17.2. The predicted octanol–water partition coefficient (Wildman–Crippen LogP) is 2.53. The lowest BCUT2D eigenvalue weighted by molar-refractivity contribution is -0.119. The van der Waals surface area contributed by atoms with E-state index in [1.165, 1.54) is 0 Å². The summed E-state index contributed by atoms with van der Waals surface area (Å²) in [7, 11) is 1.83. The molecule has 1 fully saturated rings. The van der Waals surface area contributed by atoms with Crippen molar-refractivity contribution in [2.75, 3.05) is 25.0 Å². The molecule has 0 radical (unpaired) electrons. The van der Waals surface area contributed by atoms with E-state index in [4.69, 9.17) is 0 Å². The average molecular weight is 335 g/mol. The van der Waals surface area contributed by atoms with Crippen LogP contribution in [0.5, 0.6) is 0 Å². The van der Waals surface area contributed by atoms with Gasteiger partial charge in [0.25, 0.3) is 0 Å². The van der Waals surface area contributed by atoms with Gasteiger partial charge in [-0.3, -0.25) is 14.1 Å². The number of carbonyl (C=O) groups excluding carboxylic acids is 1. The van der Waals surface area contributed by atoms with Crippen molar-refractivity contribution in [2.45, 2.75) is 18.9 Å². The van der Waals surface area contributed by atoms with Crippen LogP contribution in [0.1, 0.15) is 24.7 Å². The van der Waals surface area contributed by atoms with E-state index in [0.29, 0.717) is 6.54 Å². The summed E-state index contributed by atoms with van der Waals surface area (Å²) in [5.41, 5.74) is 1.76. The highest BCUT2D eigenvalue weighted by Crippen LogP contribution is 2.31. The van der Waals surface area contributed by atoms with Gasteiger partial charge in [-0.25, -0.2) is 0 Å². The number of fused-ring (bicyclic) bond motifs is 1. The van der Waals surface area contributed by atoms with Crippen molar-refractivity contribution in [3.63, 3.8) is 0 Å². The van der Waals surface area contributed by atoms with Gasteiger partial charge in [0, 0.05) is 18.9 Å². The Kier molecular flexibility index (Phi) is 4.19. The monoisotopic (exact) mass is 335 g/mol. The Morgan fingerprint density at radius 2 is 1.96 bits per heavy atom. The van der Waals surface area contributed by atoms with Crippen LogP contribution in [0.2, 0.25) is 0 Å². The Balaban J connectivity index is 1.53. The topological polar surface area (TPSA) is 53.7 Å². The molecule has 0 spiro atoms. The first-order valence-electron chi connectivity index (χ1n) is 8.59. The van der Waals surface area contributed by atoms with Crippen LogP contribution in [0.25, 0.3) is 5.65 Å². The standard InChI is InChI=1S/C19H21N5O/c1-22(15-8-3-2-4-9-15)18(25)14-23-12-7-10-16(23)19-21-20-17-11-5-6-13-24(17)19/h2-6,8-9,11,13,16H,7,10,12,14H2,1H3/t16-/m1/s1. The quantitative estimate of drug-likeness (QED) is 0.735. The second-order valence-electron chi connectivity index (χ2n) is 6.40. The Labute approximate surface area is 146 Å². The van der Waals surface area contributed by atoms with E-state index < -0.39 is 0 Å². The molecule has 128 valence electrons. The summed E-state index contributed by atoms with van der Waals surface area (Å²) in [6.07, 6.45) is 4.05. The number of para-hydroxylation sites is 1. The SMILES string of the molecule is CN(C(=O)CN1CCC[C@@H]1c1nnc2ccccn12)c1ccccc1. The summed E-state index contributed by atoms with van der Waals surface area (Å²) in [4.78, 5) is 16.7. The summed E-state index contributed by atoms with van der Waals surface area (Å²) in [5.74, 6) is 1.01. The number of aromatic nitrogens is 3. The molecule has 0 N–H and O–H groups in total. The number of likely N-dealkylation sites (tertiary alicyclic amines) is 1. The molecule has 0 aliphatic carbocycles. The zero-order valence-electron chi connectivity index (χ0n) is 14.2. The third kappa shape index (κ3) is 3.00. The largest absolute Gasteiger partial charge is 0.314 e. The number of carbonyl (C=O) groups is 1. The number of nitrogens with zero attached hydrogens (tertiary/aromatic N) is 5. The van der Waals surface area contributed by atoms with Gasteiger partial charge in [0.2, 0.25) is 5.91 Å². The van der Waals surface area contributed by atoms with Gasteiger partial charge in [0.1, 0.15) is 0 Å². The van der Waals surface area contributed by atoms with Crippen molar-refractivity contribution >= 4 is 17.2 Å². The van der Waals surface area contributed by atoms with Gasteiger partial charge < -0.3 is 4.90 Å². The van der Waals surface area contributed by atoms with Gasteiger partial charge in [0.15, 0.2) is 11.5 Å². The third-order valence-corrected chi connectivity index (χ3v) is 4.86. The molecule has 6 nitrogen and oxygen atoms in total. The molecule has 1 saturated heterocycles. The van der Waals surface area contributed by atoms with Crippen LogP contribution < -0.4 is 4.90 Å². The highest BCUT2D eigenvalue weighted by atomic mass is 16.2. The lowest BCUT2D eigenvalue weighted by atomic mass is 10.2. The molecule has 0 bridgehead atoms. The molecule has 1 aliphatic rings. The van der Waals surface area contributed by atoms with Gasteiger partial charge in [-0.2, -0.15) is 0 Å². The first-order chi connectivity index (χ1) is 12.2. The van der Waals surface area contributed by atoms with Gasteiger partial charge in [-0.1, -0.05) is 24.3 Å². The van der Waals surface area contributed by atoms with E-state index >= 15 is 0 Å². The Morgan fingerprint density at radius 1 is 1.16 bits per heavy atom. The summed E-state index contributed by atoms with van der Waals surface area (Å²) in [6, 6.07) is 15.8. The Morgan fingerprint density at radius 3 is 2.80 bits per heavy atom. The molecule has 1 aliphatic heterocycles. The third-order valence-electron chi connectivity index (χ3n) is 4.86. The van der Waals surface area contributed by atoms with Crippen LogP contribution in [0.15, 0.2) is 54.7 Å². The zero-order valence-corrected chi connectivity index (χ0v) is 14.2. The lowest BCUT2D eigenvalue weighted by Gasteiger charge is -2.25. The lowest BCUT2D eigenvalue weighted by Crippen LogP contribution is -2.38. The second kappa shape index (κ2) is 6.64. The van der Waals surface area contributed by atoms with E-state index in [0.717, 1.165) is 36.5 Å². The van der Waals surface area contributed by atoms with Crippen molar-refractivity contribution < 1.29 is 4.79 Å². The van der Waals surface area contributed by atoms with Crippen molar-refractivity contribution in [3.05, 3.63) is 60.6 Å². The molecule has 4 rings (SSSR count). The van der Waals surface area contributed by atoms with E-state index in [1.807, 2.05) is 66.2 Å². The maximum atomic E-state index is 12.7. The summed E-state index contributed by atoms with van der Waals surface area (Å²) in [6.45, 7) is 1.29. The van der Waals surface area contributed by atoms with E-state index in [1.54, 1.807) is 4.90 Å². The molecule has 1 atom stereocenters. The van der Waals surface area contributed by atoms with Crippen LogP contribution in [0, 0.1) is 0 Å². The number of anilines is 1. The minimum absolute atomic E-state index is 0.0897. The van der Waals surface area contributed by atoms with Crippen LogP contribution in [0.4, 0.5) is 5.69 Å². The van der Waals surface area contributed by atoms with Crippen LogP contribution in [0.3, 0.4) is 0 Å². The number of likely N-dealkylation sites (N-methyl/N-ethyl adjacent to an activating group) is 1. The number of amides is 1. The summed E-state index contributed by atoms with van der Waals surface area (Å²) in [5, 5.41) is 8.63. The van der Waals surface area contributed by atoms with E-state index in [2.05, 4.69) is 15.1 Å².